The molecule has 3 N–H and O–H groups in total. The zero-order chi connectivity index (χ0) is 13.7. The molecule has 0 aliphatic carbocycles. The van der Waals surface area contributed by atoms with Crippen LogP contribution in [0.25, 0.3) is 0 Å². The van der Waals surface area contributed by atoms with Crippen molar-refractivity contribution in [2.45, 2.75) is 39.3 Å². The van der Waals surface area contributed by atoms with Crippen molar-refractivity contribution in [1.29, 1.82) is 5.41 Å². The predicted molar refractivity (Wildman–Crippen MR) is 73.3 cm³/mol. The molecule has 3 nitrogen and oxygen atoms in total. The predicted octanol–water partition coefficient (Wildman–Crippen LogP) is 2.73. The van der Waals surface area contributed by atoms with Crippen LogP contribution in [0.5, 0.6) is 0 Å². The molecule has 0 aromatic heterocycles. The van der Waals surface area contributed by atoms with E-state index in [1.807, 2.05) is 7.05 Å². The first-order chi connectivity index (χ1) is 8.51. The third-order valence-electron chi connectivity index (χ3n) is 3.35. The molecule has 0 aliphatic rings. The number of nitrogens with zero attached hydrogens (tertiary/aromatic N) is 1. The Morgan fingerprint density at radius 1 is 1.39 bits per heavy atom. The number of nitrogens with two attached hydrogens (primary N) is 1. The summed E-state index contributed by atoms with van der Waals surface area (Å²) < 4.78 is 14.1. The molecule has 0 aliphatic heterocycles. The van der Waals surface area contributed by atoms with Crippen molar-refractivity contribution in [3.63, 3.8) is 0 Å². The fourth-order valence-corrected chi connectivity index (χ4v) is 2.22. The Labute approximate surface area is 108 Å². The summed E-state index contributed by atoms with van der Waals surface area (Å²) in [5.41, 5.74) is 6.14. The van der Waals surface area contributed by atoms with E-state index >= 15 is 0 Å². The van der Waals surface area contributed by atoms with Gasteiger partial charge in [0.1, 0.15) is 11.7 Å². The highest BCUT2D eigenvalue weighted by molar-refractivity contribution is 5.95. The first kappa shape index (κ1) is 14.6. The molecule has 0 amide bonds. The normalized spacial score (nSPS) is 11.2. The maximum Gasteiger partial charge on any atom is 0.138 e. The Morgan fingerprint density at radius 2 is 2.00 bits per heavy atom. The van der Waals surface area contributed by atoms with Gasteiger partial charge in [-0.1, -0.05) is 26.0 Å². The second-order valence-electron chi connectivity index (χ2n) is 4.58. The molecular formula is C14H22FN3. The van der Waals surface area contributed by atoms with Crippen molar-refractivity contribution in [2.75, 3.05) is 7.05 Å². The van der Waals surface area contributed by atoms with Gasteiger partial charge in [-0.05, 0) is 26.0 Å². The highest BCUT2D eigenvalue weighted by Crippen LogP contribution is 2.17. The average molecular weight is 251 g/mol. The van der Waals surface area contributed by atoms with Crippen molar-refractivity contribution in [2.24, 2.45) is 5.73 Å². The van der Waals surface area contributed by atoms with Gasteiger partial charge in [-0.3, -0.25) is 10.3 Å². The van der Waals surface area contributed by atoms with Crippen LogP contribution in [0.2, 0.25) is 0 Å². The smallest absolute Gasteiger partial charge is 0.138 e. The van der Waals surface area contributed by atoms with Crippen LogP contribution in [-0.2, 0) is 6.54 Å². The van der Waals surface area contributed by atoms with Crippen LogP contribution in [0.3, 0.4) is 0 Å². The minimum Gasteiger partial charge on any atom is -0.384 e. The Kier molecular flexibility index (Phi) is 5.28. The van der Waals surface area contributed by atoms with Gasteiger partial charge in [0.25, 0.3) is 0 Å². The number of halogens is 1. The van der Waals surface area contributed by atoms with Crippen molar-refractivity contribution in [3.8, 4) is 0 Å². The van der Waals surface area contributed by atoms with Crippen LogP contribution in [0, 0.1) is 11.2 Å². The van der Waals surface area contributed by atoms with Crippen molar-refractivity contribution >= 4 is 5.84 Å². The van der Waals surface area contributed by atoms with Crippen LogP contribution >= 0.6 is 0 Å². The molecule has 0 radical (unpaired) electrons. The van der Waals surface area contributed by atoms with Gasteiger partial charge in [-0.15, -0.1) is 0 Å². The van der Waals surface area contributed by atoms with Gasteiger partial charge in [-0.2, -0.15) is 0 Å². The Balaban J connectivity index is 2.91. The SMILES string of the molecule is CCC(CC)N(C)Cc1cccc(C(=N)N)c1F. The van der Waals surface area contributed by atoms with Gasteiger partial charge in [-0.25, -0.2) is 4.39 Å². The van der Waals surface area contributed by atoms with Crippen LogP contribution in [0.4, 0.5) is 4.39 Å². The summed E-state index contributed by atoms with van der Waals surface area (Å²) in [6.07, 6.45) is 2.09. The third kappa shape index (κ3) is 3.29. The largest absolute Gasteiger partial charge is 0.384 e. The summed E-state index contributed by atoms with van der Waals surface area (Å²) in [6.45, 7) is 4.80. The molecule has 0 spiro atoms. The van der Waals surface area contributed by atoms with E-state index in [0.29, 0.717) is 18.2 Å². The van der Waals surface area contributed by atoms with Crippen LogP contribution in [0.1, 0.15) is 37.8 Å². The van der Waals surface area contributed by atoms with Crippen LogP contribution < -0.4 is 5.73 Å². The average Bonchev–Trinajstić information content (AvgIpc) is 2.33. The summed E-state index contributed by atoms with van der Waals surface area (Å²) in [6, 6.07) is 5.49. The molecule has 0 heterocycles. The molecule has 18 heavy (non-hydrogen) atoms. The summed E-state index contributed by atoms with van der Waals surface area (Å²) in [5.74, 6) is -0.595. The van der Waals surface area contributed by atoms with Gasteiger partial charge in [0, 0.05) is 18.2 Å². The van der Waals surface area contributed by atoms with Gasteiger partial charge >= 0.3 is 0 Å². The molecule has 0 fully saturated rings. The summed E-state index contributed by atoms with van der Waals surface area (Å²) in [7, 11) is 2.00. The van der Waals surface area contributed by atoms with E-state index in [9.17, 15) is 4.39 Å². The van der Waals surface area contributed by atoms with Crippen molar-refractivity contribution < 1.29 is 4.39 Å². The summed E-state index contributed by atoms with van der Waals surface area (Å²) in [4.78, 5) is 2.14. The monoisotopic (exact) mass is 251 g/mol. The zero-order valence-corrected chi connectivity index (χ0v) is 11.3. The maximum absolute atomic E-state index is 14.1. The Hall–Kier alpha value is -1.42. The van der Waals surface area contributed by atoms with E-state index in [-0.39, 0.29) is 17.2 Å². The number of benzene rings is 1. The minimum atomic E-state index is -0.372. The van der Waals surface area contributed by atoms with Crippen LogP contribution in [0.15, 0.2) is 18.2 Å². The van der Waals surface area contributed by atoms with E-state index < -0.39 is 0 Å². The van der Waals surface area contributed by atoms with E-state index in [1.165, 1.54) is 6.07 Å². The summed E-state index contributed by atoms with van der Waals surface area (Å²) >= 11 is 0. The maximum atomic E-state index is 14.1. The van der Waals surface area contributed by atoms with Gasteiger partial charge < -0.3 is 5.73 Å². The summed E-state index contributed by atoms with van der Waals surface area (Å²) in [5, 5.41) is 7.34. The Bertz CT molecular complexity index is 414. The van der Waals surface area contributed by atoms with E-state index in [1.54, 1.807) is 12.1 Å². The molecule has 1 rings (SSSR count). The fraction of sp³-hybridized carbons (Fsp3) is 0.500. The second-order valence-corrected chi connectivity index (χ2v) is 4.58. The topological polar surface area (TPSA) is 53.1 Å². The molecule has 0 bridgehead atoms. The molecule has 1 aromatic rings. The number of hydrogen-bond acceptors (Lipinski definition) is 2. The quantitative estimate of drug-likeness (QED) is 0.603. The molecule has 100 valence electrons. The standard InChI is InChI=1S/C14H22FN3/c1-4-11(5-2)18(3)9-10-7-6-8-12(13(10)15)14(16)17/h6-8,11H,4-5,9H2,1-3H3,(H3,16,17). The zero-order valence-electron chi connectivity index (χ0n) is 11.3. The molecule has 0 atom stereocenters. The Morgan fingerprint density at radius 3 is 2.50 bits per heavy atom. The van der Waals surface area contributed by atoms with Gasteiger partial charge in [0.2, 0.25) is 0 Å². The highest BCUT2D eigenvalue weighted by atomic mass is 19.1. The first-order valence-corrected chi connectivity index (χ1v) is 6.33. The minimum absolute atomic E-state index is 0.186. The van der Waals surface area contributed by atoms with Gasteiger partial charge in [0.15, 0.2) is 0 Å². The lowest BCUT2D eigenvalue weighted by Gasteiger charge is -2.26. The van der Waals surface area contributed by atoms with E-state index in [2.05, 4.69) is 18.7 Å². The molecule has 0 unspecified atom stereocenters. The van der Waals surface area contributed by atoms with E-state index in [0.717, 1.165) is 12.8 Å². The molecule has 0 saturated carbocycles. The van der Waals surface area contributed by atoms with E-state index in [4.69, 9.17) is 11.1 Å². The molecular weight excluding hydrogens is 229 g/mol. The number of amidine groups is 1. The van der Waals surface area contributed by atoms with Gasteiger partial charge in [0.05, 0.1) is 5.56 Å². The fourth-order valence-electron chi connectivity index (χ4n) is 2.22. The third-order valence-corrected chi connectivity index (χ3v) is 3.35. The molecule has 0 saturated heterocycles. The lowest BCUT2D eigenvalue weighted by atomic mass is 10.1. The number of nitrogens with one attached hydrogen (secondary N) is 1. The highest BCUT2D eigenvalue weighted by Gasteiger charge is 2.15. The van der Waals surface area contributed by atoms with Crippen molar-refractivity contribution in [1.82, 2.24) is 4.90 Å². The lowest BCUT2D eigenvalue weighted by Crippen LogP contribution is -2.30. The lowest BCUT2D eigenvalue weighted by molar-refractivity contribution is 0.219. The number of hydrogen-bond donors (Lipinski definition) is 2. The number of nitrogen functional groups attached to an aromatic ring is 1. The van der Waals surface area contributed by atoms with Crippen LogP contribution in [-0.4, -0.2) is 23.8 Å². The first-order valence-electron chi connectivity index (χ1n) is 6.33. The number of rotatable bonds is 6. The van der Waals surface area contributed by atoms with Crippen molar-refractivity contribution in [3.05, 3.63) is 35.1 Å². The molecule has 1 aromatic carbocycles. The molecule has 4 heteroatoms. The second kappa shape index (κ2) is 6.50.